The molecule has 0 aromatic rings. The van der Waals surface area contributed by atoms with E-state index in [1.54, 1.807) is 0 Å². The summed E-state index contributed by atoms with van der Waals surface area (Å²) >= 11 is 0. The Morgan fingerprint density at radius 2 is 1.79 bits per heavy atom. The minimum Gasteiger partial charge on any atom is -0.380 e. The molecule has 0 aromatic heterocycles. The Labute approximate surface area is 112 Å². The van der Waals surface area contributed by atoms with Crippen LogP contribution in [-0.4, -0.2) is 56.5 Å². The number of piperidine rings is 1. The third-order valence-corrected chi connectivity index (χ3v) is 3.72. The van der Waals surface area contributed by atoms with Gasteiger partial charge in [-0.15, -0.1) is 0 Å². The molecule has 2 aliphatic rings. The molecule has 0 unspecified atom stereocenters. The lowest BCUT2D eigenvalue weighted by molar-refractivity contribution is -0.148. The highest BCUT2D eigenvalue weighted by Gasteiger charge is 2.32. The van der Waals surface area contributed by atoms with Gasteiger partial charge in [-0.25, -0.2) is 0 Å². The Balaban J connectivity index is 1.48. The normalized spacial score (nSPS) is 22.9. The Bertz CT molecular complexity index is 261. The van der Waals surface area contributed by atoms with Gasteiger partial charge in [0.2, 0.25) is 0 Å². The van der Waals surface area contributed by atoms with Crippen molar-refractivity contribution in [2.24, 2.45) is 5.92 Å². The fraction of sp³-hybridized carbons (Fsp3) is 1.00. The molecule has 1 heterocycles. The lowest BCUT2D eigenvalue weighted by Gasteiger charge is -2.32. The monoisotopic (exact) mass is 280 g/mol. The molecule has 1 aliphatic carbocycles. The van der Waals surface area contributed by atoms with E-state index < -0.39 is 12.7 Å². The Morgan fingerprint density at radius 3 is 2.37 bits per heavy atom. The van der Waals surface area contributed by atoms with Crippen molar-refractivity contribution in [3.8, 4) is 0 Å². The van der Waals surface area contributed by atoms with E-state index in [0.29, 0.717) is 25.7 Å². The van der Waals surface area contributed by atoms with Gasteiger partial charge in [0, 0.05) is 19.2 Å². The minimum atomic E-state index is -4.07. The van der Waals surface area contributed by atoms with E-state index in [0.717, 1.165) is 31.9 Å². The molecule has 1 saturated heterocycles. The van der Waals surface area contributed by atoms with Gasteiger partial charge < -0.3 is 10.1 Å². The van der Waals surface area contributed by atoms with E-state index in [1.165, 1.54) is 17.7 Å². The molecule has 6 heteroatoms. The van der Waals surface area contributed by atoms with Crippen molar-refractivity contribution in [1.29, 1.82) is 0 Å². The molecule has 3 nitrogen and oxygen atoms in total. The molecule has 0 amide bonds. The number of rotatable bonds is 7. The molecule has 19 heavy (non-hydrogen) atoms. The average Bonchev–Trinajstić information content (AvgIpc) is 3.13. The van der Waals surface area contributed by atoms with Gasteiger partial charge in [0.05, 0.1) is 13.2 Å². The van der Waals surface area contributed by atoms with Crippen LogP contribution >= 0.6 is 0 Å². The van der Waals surface area contributed by atoms with Crippen LogP contribution < -0.4 is 5.32 Å². The molecule has 2 rings (SSSR count). The minimum absolute atomic E-state index is 0.342. The summed E-state index contributed by atoms with van der Waals surface area (Å²) in [4.78, 5) is 1.49. The molecule has 0 radical (unpaired) electrons. The first-order valence-corrected chi connectivity index (χ1v) is 7.13. The Morgan fingerprint density at radius 1 is 1.11 bits per heavy atom. The average molecular weight is 280 g/mol. The number of likely N-dealkylation sites (tertiary alicyclic amines) is 1. The van der Waals surface area contributed by atoms with Gasteiger partial charge in [-0.05, 0) is 44.7 Å². The molecular weight excluding hydrogens is 257 g/mol. The van der Waals surface area contributed by atoms with Gasteiger partial charge in [-0.2, -0.15) is 13.2 Å². The zero-order valence-corrected chi connectivity index (χ0v) is 11.2. The second kappa shape index (κ2) is 6.90. The summed E-state index contributed by atoms with van der Waals surface area (Å²) < 4.78 is 42.2. The molecule has 1 N–H and O–H groups in total. The number of nitrogens with zero attached hydrogens (tertiary/aromatic N) is 1. The standard InChI is InChI=1S/C13H23F3N2O/c14-13(15,16)10-18-6-3-12(4-7-18)17-5-8-19-9-11-1-2-11/h11-12,17H,1-10H2. The predicted molar refractivity (Wildman–Crippen MR) is 67.1 cm³/mol. The molecule has 0 atom stereocenters. The van der Waals surface area contributed by atoms with Crippen molar-refractivity contribution in [3.63, 3.8) is 0 Å². The van der Waals surface area contributed by atoms with Crippen molar-refractivity contribution in [1.82, 2.24) is 10.2 Å². The smallest absolute Gasteiger partial charge is 0.380 e. The van der Waals surface area contributed by atoms with Gasteiger partial charge in [-0.1, -0.05) is 0 Å². The number of alkyl halides is 3. The fourth-order valence-electron chi connectivity index (χ4n) is 2.42. The summed E-state index contributed by atoms with van der Waals surface area (Å²) in [6.07, 6.45) is 0.102. The van der Waals surface area contributed by atoms with Crippen LogP contribution in [0, 0.1) is 5.92 Å². The first-order valence-electron chi connectivity index (χ1n) is 7.13. The summed E-state index contributed by atoms with van der Waals surface area (Å²) in [5, 5.41) is 3.37. The van der Waals surface area contributed by atoms with Crippen LogP contribution in [0.2, 0.25) is 0 Å². The van der Waals surface area contributed by atoms with Crippen LogP contribution in [0.4, 0.5) is 13.2 Å². The molecule has 0 bridgehead atoms. The Hall–Kier alpha value is -0.330. The van der Waals surface area contributed by atoms with Gasteiger partial charge in [0.15, 0.2) is 0 Å². The number of ether oxygens (including phenoxy) is 1. The maximum absolute atomic E-state index is 12.2. The topological polar surface area (TPSA) is 24.5 Å². The number of hydrogen-bond donors (Lipinski definition) is 1. The molecule has 112 valence electrons. The van der Waals surface area contributed by atoms with Crippen molar-refractivity contribution in [2.45, 2.75) is 37.9 Å². The molecule has 0 aromatic carbocycles. The largest absolute Gasteiger partial charge is 0.401 e. The molecule has 1 saturated carbocycles. The lowest BCUT2D eigenvalue weighted by Crippen LogP contribution is -2.46. The van der Waals surface area contributed by atoms with Crippen molar-refractivity contribution >= 4 is 0 Å². The van der Waals surface area contributed by atoms with Crippen molar-refractivity contribution in [3.05, 3.63) is 0 Å². The number of halogens is 3. The van der Waals surface area contributed by atoms with E-state index in [-0.39, 0.29) is 0 Å². The zero-order chi connectivity index (χ0) is 13.7. The zero-order valence-electron chi connectivity index (χ0n) is 11.2. The quantitative estimate of drug-likeness (QED) is 0.722. The van der Waals surface area contributed by atoms with Gasteiger partial charge in [0.1, 0.15) is 0 Å². The molecule has 1 aliphatic heterocycles. The summed E-state index contributed by atoms with van der Waals surface area (Å²) in [6, 6.07) is 0.342. The van der Waals surface area contributed by atoms with E-state index in [9.17, 15) is 13.2 Å². The second-order valence-electron chi connectivity index (χ2n) is 5.64. The van der Waals surface area contributed by atoms with Crippen LogP contribution in [0.1, 0.15) is 25.7 Å². The Kier molecular flexibility index (Phi) is 5.47. The lowest BCUT2D eigenvalue weighted by atomic mass is 10.1. The van der Waals surface area contributed by atoms with E-state index in [1.807, 2.05) is 0 Å². The number of hydrogen-bond acceptors (Lipinski definition) is 3. The van der Waals surface area contributed by atoms with Crippen LogP contribution in [-0.2, 0) is 4.74 Å². The van der Waals surface area contributed by atoms with Crippen molar-refractivity contribution in [2.75, 3.05) is 39.4 Å². The third kappa shape index (κ3) is 6.58. The van der Waals surface area contributed by atoms with E-state index in [2.05, 4.69) is 5.32 Å². The molecule has 2 fully saturated rings. The predicted octanol–water partition coefficient (Wildman–Crippen LogP) is 2.03. The molecular formula is C13H23F3N2O. The SMILES string of the molecule is FC(F)(F)CN1CCC(NCCOCC2CC2)CC1. The highest BCUT2D eigenvalue weighted by molar-refractivity contribution is 4.78. The van der Waals surface area contributed by atoms with Crippen molar-refractivity contribution < 1.29 is 17.9 Å². The highest BCUT2D eigenvalue weighted by Crippen LogP contribution is 2.28. The van der Waals surface area contributed by atoms with Crippen LogP contribution in [0.15, 0.2) is 0 Å². The number of nitrogens with one attached hydrogen (secondary N) is 1. The fourth-order valence-corrected chi connectivity index (χ4v) is 2.42. The summed E-state index contributed by atoms with van der Waals surface area (Å²) in [5.41, 5.74) is 0. The van der Waals surface area contributed by atoms with Gasteiger partial charge in [0.25, 0.3) is 0 Å². The van der Waals surface area contributed by atoms with Crippen LogP contribution in [0.25, 0.3) is 0 Å². The molecule has 0 spiro atoms. The third-order valence-electron chi connectivity index (χ3n) is 3.72. The summed E-state index contributed by atoms with van der Waals surface area (Å²) in [6.45, 7) is 2.66. The first kappa shape index (κ1) is 15.1. The maximum atomic E-state index is 12.2. The maximum Gasteiger partial charge on any atom is 0.401 e. The van der Waals surface area contributed by atoms with Gasteiger partial charge >= 0.3 is 6.18 Å². The summed E-state index contributed by atoms with van der Waals surface area (Å²) in [5.74, 6) is 0.783. The van der Waals surface area contributed by atoms with Crippen LogP contribution in [0.5, 0.6) is 0 Å². The second-order valence-corrected chi connectivity index (χ2v) is 5.64. The summed E-state index contributed by atoms with van der Waals surface area (Å²) in [7, 11) is 0. The highest BCUT2D eigenvalue weighted by atomic mass is 19.4. The van der Waals surface area contributed by atoms with Crippen LogP contribution in [0.3, 0.4) is 0 Å². The van der Waals surface area contributed by atoms with E-state index >= 15 is 0 Å². The van der Waals surface area contributed by atoms with Gasteiger partial charge in [-0.3, -0.25) is 4.90 Å². The first-order chi connectivity index (χ1) is 9.03. The van der Waals surface area contributed by atoms with E-state index in [4.69, 9.17) is 4.74 Å².